The Morgan fingerprint density at radius 3 is 2.00 bits per heavy atom. The van der Waals surface area contributed by atoms with Crippen molar-refractivity contribution in [3.8, 4) is 0 Å². The van der Waals surface area contributed by atoms with Gasteiger partial charge in [0.15, 0.2) is 0 Å². The van der Waals surface area contributed by atoms with Crippen molar-refractivity contribution in [1.82, 2.24) is 4.90 Å². The van der Waals surface area contributed by atoms with Crippen LogP contribution in [-0.4, -0.2) is 46.7 Å². The largest absolute Gasteiger partial charge is 0.389 e. The van der Waals surface area contributed by atoms with Crippen molar-refractivity contribution in [2.75, 3.05) is 31.1 Å². The Balaban J connectivity index is 3.60. The van der Waals surface area contributed by atoms with Gasteiger partial charge in [0.2, 0.25) is 0 Å². The second-order valence-electron chi connectivity index (χ2n) is 4.01. The maximum Gasteiger partial charge on any atom is 0.0732 e. The summed E-state index contributed by atoms with van der Waals surface area (Å²) in [5, 5.41) is 10.1. The molecule has 92 valence electrons. The second kappa shape index (κ2) is 8.43. The highest BCUT2D eigenvalue weighted by molar-refractivity contribution is 7.99. The summed E-state index contributed by atoms with van der Waals surface area (Å²) in [6.45, 7) is 11.9. The van der Waals surface area contributed by atoms with Gasteiger partial charge in [0, 0.05) is 18.1 Å². The summed E-state index contributed by atoms with van der Waals surface area (Å²) in [5.74, 6) is 2.01. The summed E-state index contributed by atoms with van der Waals surface area (Å²) in [7, 11) is 0. The van der Waals surface area contributed by atoms with E-state index in [1.165, 1.54) is 0 Å². The minimum Gasteiger partial charge on any atom is -0.389 e. The van der Waals surface area contributed by atoms with Gasteiger partial charge >= 0.3 is 0 Å². The van der Waals surface area contributed by atoms with Crippen molar-refractivity contribution in [2.45, 2.75) is 46.1 Å². The Morgan fingerprint density at radius 1 is 1.07 bits per heavy atom. The van der Waals surface area contributed by atoms with E-state index in [0.29, 0.717) is 0 Å². The van der Waals surface area contributed by atoms with E-state index in [1.54, 1.807) is 0 Å². The summed E-state index contributed by atoms with van der Waals surface area (Å²) >= 11 is 1.88. The van der Waals surface area contributed by atoms with Crippen LogP contribution in [0.2, 0.25) is 0 Å². The fourth-order valence-corrected chi connectivity index (χ4v) is 2.77. The number of aliphatic hydroxyl groups is 1. The molecule has 0 saturated carbocycles. The SMILES string of the molecule is CCN(CC)CCSCC(O)(CC)CC. The Bertz CT molecular complexity index is 145. The Morgan fingerprint density at radius 2 is 1.60 bits per heavy atom. The van der Waals surface area contributed by atoms with E-state index in [-0.39, 0.29) is 0 Å². The molecule has 0 rings (SSSR count). The third-order valence-electron chi connectivity index (χ3n) is 3.13. The number of hydrogen-bond donors (Lipinski definition) is 1. The molecule has 0 spiro atoms. The molecule has 0 fully saturated rings. The summed E-state index contributed by atoms with van der Waals surface area (Å²) in [5.41, 5.74) is -0.437. The van der Waals surface area contributed by atoms with Gasteiger partial charge in [-0.1, -0.05) is 27.7 Å². The van der Waals surface area contributed by atoms with Crippen LogP contribution < -0.4 is 0 Å². The van der Waals surface area contributed by atoms with Crippen LogP contribution in [0.3, 0.4) is 0 Å². The quantitative estimate of drug-likeness (QED) is 0.619. The Kier molecular flexibility index (Phi) is 8.58. The van der Waals surface area contributed by atoms with E-state index in [4.69, 9.17) is 0 Å². The molecule has 0 amide bonds. The highest BCUT2D eigenvalue weighted by atomic mass is 32.2. The van der Waals surface area contributed by atoms with Crippen LogP contribution in [-0.2, 0) is 0 Å². The monoisotopic (exact) mass is 233 g/mol. The van der Waals surface area contributed by atoms with Gasteiger partial charge in [0.25, 0.3) is 0 Å². The number of thioether (sulfide) groups is 1. The molecule has 0 aliphatic heterocycles. The van der Waals surface area contributed by atoms with E-state index < -0.39 is 5.60 Å². The Labute approximate surface area is 99.4 Å². The normalized spacial score (nSPS) is 12.4. The summed E-state index contributed by atoms with van der Waals surface area (Å²) in [4.78, 5) is 2.42. The molecule has 0 aromatic heterocycles. The van der Waals surface area contributed by atoms with Gasteiger partial charge in [0.1, 0.15) is 0 Å². The lowest BCUT2D eigenvalue weighted by atomic mass is 10.0. The topological polar surface area (TPSA) is 23.5 Å². The van der Waals surface area contributed by atoms with Crippen molar-refractivity contribution in [3.63, 3.8) is 0 Å². The maximum atomic E-state index is 10.1. The molecule has 3 heteroatoms. The zero-order chi connectivity index (χ0) is 11.7. The van der Waals surface area contributed by atoms with Crippen LogP contribution in [0.1, 0.15) is 40.5 Å². The first-order valence-electron chi connectivity index (χ1n) is 6.14. The summed E-state index contributed by atoms with van der Waals surface area (Å²) in [6, 6.07) is 0. The lowest BCUT2D eigenvalue weighted by Gasteiger charge is -2.25. The van der Waals surface area contributed by atoms with E-state index in [2.05, 4.69) is 32.6 Å². The molecule has 0 bridgehead atoms. The number of rotatable bonds is 9. The minimum absolute atomic E-state index is 0.437. The van der Waals surface area contributed by atoms with E-state index in [1.807, 2.05) is 11.8 Å². The van der Waals surface area contributed by atoms with Gasteiger partial charge < -0.3 is 10.0 Å². The minimum atomic E-state index is -0.437. The van der Waals surface area contributed by atoms with Gasteiger partial charge in [-0.15, -0.1) is 0 Å². The van der Waals surface area contributed by atoms with Crippen LogP contribution >= 0.6 is 11.8 Å². The molecule has 0 aromatic rings. The smallest absolute Gasteiger partial charge is 0.0732 e. The average Bonchev–Trinajstić information content (AvgIpc) is 2.29. The molecular formula is C12H27NOS. The third-order valence-corrected chi connectivity index (χ3v) is 4.35. The number of nitrogens with zero attached hydrogens (tertiary/aromatic N) is 1. The molecule has 0 heterocycles. The van der Waals surface area contributed by atoms with E-state index >= 15 is 0 Å². The van der Waals surface area contributed by atoms with Crippen molar-refractivity contribution in [1.29, 1.82) is 0 Å². The maximum absolute atomic E-state index is 10.1. The molecule has 0 aliphatic rings. The molecule has 0 saturated heterocycles. The molecule has 0 atom stereocenters. The fourth-order valence-electron chi connectivity index (χ4n) is 1.45. The molecule has 0 aliphatic carbocycles. The van der Waals surface area contributed by atoms with Gasteiger partial charge in [-0.25, -0.2) is 0 Å². The zero-order valence-electron chi connectivity index (χ0n) is 10.8. The first-order chi connectivity index (χ1) is 7.11. The van der Waals surface area contributed by atoms with Crippen molar-refractivity contribution >= 4 is 11.8 Å². The highest BCUT2D eigenvalue weighted by Gasteiger charge is 2.21. The van der Waals surface area contributed by atoms with Crippen LogP contribution in [0.25, 0.3) is 0 Å². The molecule has 0 unspecified atom stereocenters. The molecule has 15 heavy (non-hydrogen) atoms. The molecule has 0 radical (unpaired) electrons. The van der Waals surface area contributed by atoms with Gasteiger partial charge in [-0.2, -0.15) is 11.8 Å². The van der Waals surface area contributed by atoms with Gasteiger partial charge in [0.05, 0.1) is 5.60 Å². The highest BCUT2D eigenvalue weighted by Crippen LogP contribution is 2.20. The predicted molar refractivity (Wildman–Crippen MR) is 70.6 cm³/mol. The average molecular weight is 233 g/mol. The second-order valence-corrected chi connectivity index (χ2v) is 5.12. The number of hydrogen-bond acceptors (Lipinski definition) is 3. The van der Waals surface area contributed by atoms with Crippen molar-refractivity contribution < 1.29 is 5.11 Å². The molecular weight excluding hydrogens is 206 g/mol. The van der Waals surface area contributed by atoms with Gasteiger partial charge in [-0.3, -0.25) is 0 Å². The molecule has 0 aromatic carbocycles. The lowest BCUT2D eigenvalue weighted by molar-refractivity contribution is 0.0571. The standard InChI is InChI=1S/C12H27NOS/c1-5-12(14,6-2)11-15-10-9-13(7-3)8-4/h14H,5-11H2,1-4H3. The predicted octanol–water partition coefficient (Wildman–Crippen LogP) is 2.61. The van der Waals surface area contributed by atoms with Crippen molar-refractivity contribution in [3.05, 3.63) is 0 Å². The molecule has 2 nitrogen and oxygen atoms in total. The van der Waals surface area contributed by atoms with Crippen LogP contribution in [0.5, 0.6) is 0 Å². The van der Waals surface area contributed by atoms with E-state index in [0.717, 1.165) is 44.0 Å². The van der Waals surface area contributed by atoms with Crippen LogP contribution in [0.15, 0.2) is 0 Å². The first kappa shape index (κ1) is 15.3. The Hall–Kier alpha value is 0.270. The van der Waals surface area contributed by atoms with Crippen LogP contribution in [0, 0.1) is 0 Å². The van der Waals surface area contributed by atoms with Crippen molar-refractivity contribution in [2.24, 2.45) is 0 Å². The molecule has 1 N–H and O–H groups in total. The fraction of sp³-hybridized carbons (Fsp3) is 1.00. The first-order valence-corrected chi connectivity index (χ1v) is 7.29. The lowest BCUT2D eigenvalue weighted by Crippen LogP contribution is -2.31. The van der Waals surface area contributed by atoms with Crippen LogP contribution in [0.4, 0.5) is 0 Å². The zero-order valence-corrected chi connectivity index (χ0v) is 11.6. The van der Waals surface area contributed by atoms with Gasteiger partial charge in [-0.05, 0) is 25.9 Å². The van der Waals surface area contributed by atoms with E-state index in [9.17, 15) is 5.11 Å². The summed E-state index contributed by atoms with van der Waals surface area (Å²) in [6.07, 6.45) is 1.73. The summed E-state index contributed by atoms with van der Waals surface area (Å²) < 4.78 is 0. The third kappa shape index (κ3) is 6.44.